The van der Waals surface area contributed by atoms with Crippen molar-refractivity contribution in [1.82, 2.24) is 5.32 Å². The second kappa shape index (κ2) is 4.63. The molecule has 2 rings (SSSR count). The zero-order chi connectivity index (χ0) is 9.97. The molecule has 2 unspecified atom stereocenters. The van der Waals surface area contributed by atoms with Gasteiger partial charge in [-0.3, -0.25) is 0 Å². The second-order valence-electron chi connectivity index (χ2n) is 5.22. The standard InChI is InChI=1S/C12H23NO/c1-9(14)8-13-12-4-2-3-11(7-12)10-5-6-10/h9-14H,2-8H2,1H3/t9-,11?,12?/m1/s1. The van der Waals surface area contributed by atoms with Crippen LogP contribution >= 0.6 is 0 Å². The van der Waals surface area contributed by atoms with E-state index < -0.39 is 0 Å². The molecule has 2 saturated carbocycles. The molecule has 2 N–H and O–H groups in total. The summed E-state index contributed by atoms with van der Waals surface area (Å²) < 4.78 is 0. The summed E-state index contributed by atoms with van der Waals surface area (Å²) >= 11 is 0. The molecule has 0 radical (unpaired) electrons. The summed E-state index contributed by atoms with van der Waals surface area (Å²) in [5, 5.41) is 12.7. The van der Waals surface area contributed by atoms with Crippen molar-refractivity contribution in [2.75, 3.05) is 6.54 Å². The van der Waals surface area contributed by atoms with Gasteiger partial charge in [0.25, 0.3) is 0 Å². The van der Waals surface area contributed by atoms with Crippen molar-refractivity contribution in [3.8, 4) is 0 Å². The molecule has 0 aromatic heterocycles. The molecule has 2 aliphatic carbocycles. The van der Waals surface area contributed by atoms with Crippen LogP contribution in [0.4, 0.5) is 0 Å². The Hall–Kier alpha value is -0.0800. The van der Waals surface area contributed by atoms with Gasteiger partial charge in [-0.1, -0.05) is 12.8 Å². The van der Waals surface area contributed by atoms with E-state index in [0.717, 1.165) is 18.4 Å². The number of aliphatic hydroxyl groups is 1. The Morgan fingerprint density at radius 2 is 2.00 bits per heavy atom. The van der Waals surface area contributed by atoms with Gasteiger partial charge in [0.15, 0.2) is 0 Å². The average molecular weight is 197 g/mol. The molecule has 2 aliphatic rings. The lowest BCUT2D eigenvalue weighted by atomic mass is 9.82. The average Bonchev–Trinajstić information content (AvgIpc) is 2.98. The molecular formula is C12H23NO. The maximum absolute atomic E-state index is 9.21. The molecule has 0 aromatic rings. The number of nitrogens with one attached hydrogen (secondary N) is 1. The SMILES string of the molecule is C[C@@H](O)CNC1CCCC(C2CC2)C1. The first-order chi connectivity index (χ1) is 6.75. The maximum Gasteiger partial charge on any atom is 0.0636 e. The molecule has 0 heterocycles. The van der Waals surface area contributed by atoms with E-state index in [0.29, 0.717) is 6.04 Å². The van der Waals surface area contributed by atoms with Crippen LogP contribution in [0.3, 0.4) is 0 Å². The zero-order valence-electron chi connectivity index (χ0n) is 9.21. The normalized spacial score (nSPS) is 35.6. The van der Waals surface area contributed by atoms with Gasteiger partial charge in [-0.25, -0.2) is 0 Å². The summed E-state index contributed by atoms with van der Waals surface area (Å²) in [5.74, 6) is 2.06. The van der Waals surface area contributed by atoms with Crippen molar-refractivity contribution in [3.05, 3.63) is 0 Å². The van der Waals surface area contributed by atoms with E-state index in [-0.39, 0.29) is 6.10 Å². The molecule has 0 spiro atoms. The Morgan fingerprint density at radius 1 is 1.21 bits per heavy atom. The number of hydrogen-bond donors (Lipinski definition) is 2. The van der Waals surface area contributed by atoms with Crippen LogP contribution in [0.15, 0.2) is 0 Å². The highest BCUT2D eigenvalue weighted by Crippen LogP contribution is 2.43. The van der Waals surface area contributed by atoms with Gasteiger partial charge < -0.3 is 10.4 Å². The fourth-order valence-electron chi connectivity index (χ4n) is 2.75. The minimum absolute atomic E-state index is 0.198. The van der Waals surface area contributed by atoms with Gasteiger partial charge in [-0.15, -0.1) is 0 Å². The molecule has 0 aliphatic heterocycles. The van der Waals surface area contributed by atoms with Gasteiger partial charge in [0.2, 0.25) is 0 Å². The van der Waals surface area contributed by atoms with Gasteiger partial charge in [-0.2, -0.15) is 0 Å². The first-order valence-electron chi connectivity index (χ1n) is 6.17. The second-order valence-corrected chi connectivity index (χ2v) is 5.22. The summed E-state index contributed by atoms with van der Waals surface area (Å²) in [6.07, 6.45) is 8.28. The van der Waals surface area contributed by atoms with Gasteiger partial charge in [0.05, 0.1) is 6.10 Å². The third-order valence-electron chi connectivity index (χ3n) is 3.71. The smallest absolute Gasteiger partial charge is 0.0636 e. The minimum atomic E-state index is -0.198. The molecule has 2 fully saturated rings. The molecule has 2 nitrogen and oxygen atoms in total. The number of hydrogen-bond acceptors (Lipinski definition) is 2. The summed E-state index contributed by atoms with van der Waals surface area (Å²) in [7, 11) is 0. The first kappa shape index (κ1) is 10.4. The molecule has 0 aromatic carbocycles. The Kier molecular flexibility index (Phi) is 3.45. The summed E-state index contributed by atoms with van der Waals surface area (Å²) in [6.45, 7) is 2.62. The van der Waals surface area contributed by atoms with Crippen molar-refractivity contribution in [2.24, 2.45) is 11.8 Å². The molecule has 0 bridgehead atoms. The van der Waals surface area contributed by atoms with Crippen LogP contribution < -0.4 is 5.32 Å². The lowest BCUT2D eigenvalue weighted by Gasteiger charge is -2.30. The molecule has 3 atom stereocenters. The Bertz CT molecular complexity index is 177. The van der Waals surface area contributed by atoms with Gasteiger partial charge in [0.1, 0.15) is 0 Å². The first-order valence-corrected chi connectivity index (χ1v) is 6.17. The van der Waals surface area contributed by atoms with Crippen molar-refractivity contribution in [3.63, 3.8) is 0 Å². The maximum atomic E-state index is 9.21. The van der Waals surface area contributed by atoms with E-state index in [1.165, 1.54) is 38.5 Å². The number of rotatable bonds is 4. The Balaban J connectivity index is 1.70. The highest BCUT2D eigenvalue weighted by Gasteiger charge is 2.34. The van der Waals surface area contributed by atoms with E-state index in [1.807, 2.05) is 6.92 Å². The van der Waals surface area contributed by atoms with E-state index in [4.69, 9.17) is 0 Å². The van der Waals surface area contributed by atoms with Crippen LogP contribution in [0.1, 0.15) is 45.4 Å². The predicted octanol–water partition coefficient (Wildman–Crippen LogP) is 1.93. The van der Waals surface area contributed by atoms with Crippen molar-refractivity contribution in [1.29, 1.82) is 0 Å². The summed E-state index contributed by atoms with van der Waals surface area (Å²) in [4.78, 5) is 0. The molecule has 2 heteroatoms. The van der Waals surface area contributed by atoms with Crippen LogP contribution in [0.25, 0.3) is 0 Å². The van der Waals surface area contributed by atoms with Crippen LogP contribution in [-0.2, 0) is 0 Å². The molecule has 82 valence electrons. The molecular weight excluding hydrogens is 174 g/mol. The van der Waals surface area contributed by atoms with Gasteiger partial charge in [0, 0.05) is 12.6 Å². The van der Waals surface area contributed by atoms with Gasteiger partial charge >= 0.3 is 0 Å². The van der Waals surface area contributed by atoms with Crippen molar-refractivity contribution >= 4 is 0 Å². The topological polar surface area (TPSA) is 32.3 Å². The van der Waals surface area contributed by atoms with Crippen molar-refractivity contribution < 1.29 is 5.11 Å². The monoisotopic (exact) mass is 197 g/mol. The largest absolute Gasteiger partial charge is 0.392 e. The lowest BCUT2D eigenvalue weighted by Crippen LogP contribution is -2.38. The third-order valence-corrected chi connectivity index (χ3v) is 3.71. The summed E-state index contributed by atoms with van der Waals surface area (Å²) in [6, 6.07) is 0.684. The Morgan fingerprint density at radius 3 is 2.64 bits per heavy atom. The van der Waals surface area contributed by atoms with E-state index >= 15 is 0 Å². The van der Waals surface area contributed by atoms with Crippen LogP contribution in [0.5, 0.6) is 0 Å². The van der Waals surface area contributed by atoms with Crippen LogP contribution in [0.2, 0.25) is 0 Å². The van der Waals surface area contributed by atoms with Gasteiger partial charge in [-0.05, 0) is 44.4 Å². The highest BCUT2D eigenvalue weighted by atomic mass is 16.3. The van der Waals surface area contributed by atoms with Crippen LogP contribution in [0, 0.1) is 11.8 Å². The van der Waals surface area contributed by atoms with E-state index in [1.54, 1.807) is 0 Å². The predicted molar refractivity (Wildman–Crippen MR) is 58.2 cm³/mol. The van der Waals surface area contributed by atoms with Crippen LogP contribution in [-0.4, -0.2) is 23.8 Å². The Labute approximate surface area is 87.1 Å². The highest BCUT2D eigenvalue weighted by molar-refractivity contribution is 4.87. The molecule has 14 heavy (non-hydrogen) atoms. The van der Waals surface area contributed by atoms with E-state index in [2.05, 4.69) is 5.32 Å². The summed E-state index contributed by atoms with van der Waals surface area (Å²) in [5.41, 5.74) is 0. The molecule has 0 saturated heterocycles. The number of aliphatic hydroxyl groups excluding tert-OH is 1. The van der Waals surface area contributed by atoms with E-state index in [9.17, 15) is 5.11 Å². The lowest BCUT2D eigenvalue weighted by molar-refractivity contribution is 0.173. The fraction of sp³-hybridized carbons (Fsp3) is 1.00. The quantitative estimate of drug-likeness (QED) is 0.721. The zero-order valence-corrected chi connectivity index (χ0v) is 9.21. The fourth-order valence-corrected chi connectivity index (χ4v) is 2.75. The molecule has 0 amide bonds. The van der Waals surface area contributed by atoms with Crippen molar-refractivity contribution in [2.45, 2.75) is 57.6 Å². The third kappa shape index (κ3) is 2.96. The minimum Gasteiger partial charge on any atom is -0.392 e.